The van der Waals surface area contributed by atoms with Crippen molar-refractivity contribution in [2.75, 3.05) is 6.61 Å². The minimum atomic E-state index is -4.46. The van der Waals surface area contributed by atoms with E-state index in [0.717, 1.165) is 12.1 Å². The van der Waals surface area contributed by atoms with E-state index < -0.39 is 39.5 Å². The highest BCUT2D eigenvalue weighted by Crippen LogP contribution is 2.30. The Bertz CT molecular complexity index is 565. The predicted octanol–water partition coefficient (Wildman–Crippen LogP) is 3.36. The largest absolute Gasteiger partial charge is 0.465 e. The summed E-state index contributed by atoms with van der Waals surface area (Å²) in [5.41, 5.74) is -0.560. The molecule has 0 aliphatic rings. The molecular formula is C15H20F3NO3S. The highest BCUT2D eigenvalue weighted by Gasteiger charge is 2.32. The summed E-state index contributed by atoms with van der Waals surface area (Å²) in [6.45, 7) is 6.86. The van der Waals surface area contributed by atoms with Crippen LogP contribution in [0.1, 0.15) is 44.9 Å². The summed E-state index contributed by atoms with van der Waals surface area (Å²) in [6, 6.07) is 3.01. The molecule has 0 aliphatic heterocycles. The maximum atomic E-state index is 12.6. The number of hydrogen-bond acceptors (Lipinski definition) is 3. The molecule has 8 heteroatoms. The molecule has 2 atom stereocenters. The van der Waals surface area contributed by atoms with Gasteiger partial charge in [-0.1, -0.05) is 12.1 Å². The molecule has 1 rings (SSSR count). The van der Waals surface area contributed by atoms with Crippen LogP contribution in [0.15, 0.2) is 24.3 Å². The van der Waals surface area contributed by atoms with Crippen LogP contribution >= 0.6 is 0 Å². The van der Waals surface area contributed by atoms with Gasteiger partial charge in [-0.25, -0.2) is 13.7 Å². The van der Waals surface area contributed by atoms with Crippen molar-refractivity contribution in [3.63, 3.8) is 0 Å². The van der Waals surface area contributed by atoms with Crippen LogP contribution in [0.3, 0.4) is 0 Å². The second kappa shape index (κ2) is 7.44. The third-order valence-corrected chi connectivity index (χ3v) is 4.44. The van der Waals surface area contributed by atoms with Gasteiger partial charge in [0, 0.05) is 0 Å². The average Bonchev–Trinajstić information content (AvgIpc) is 2.42. The smallest absolute Gasteiger partial charge is 0.416 e. The molecule has 130 valence electrons. The van der Waals surface area contributed by atoms with Crippen LogP contribution in [0, 0.1) is 0 Å². The molecule has 0 heterocycles. The Hall–Kier alpha value is -1.41. The summed E-state index contributed by atoms with van der Waals surface area (Å²) in [5.74, 6) is -0.690. The minimum Gasteiger partial charge on any atom is -0.465 e. The van der Waals surface area contributed by atoms with E-state index in [0.29, 0.717) is 0 Å². The first-order chi connectivity index (χ1) is 10.5. The fourth-order valence-corrected chi connectivity index (χ4v) is 2.43. The molecule has 0 fully saturated rings. The summed E-state index contributed by atoms with van der Waals surface area (Å²) in [7, 11) is -1.59. The standard InChI is InChI=1S/C15H20F3NO3S/c1-5-22-13(20)12(19-23(21)14(2,3)4)10-6-8-11(9-7-10)15(16,17)18/h6-9,12,19H,5H2,1-4H3/t12-,23?/m1/s1. The van der Waals surface area contributed by atoms with Crippen LogP contribution < -0.4 is 4.72 Å². The molecule has 1 unspecified atom stereocenters. The van der Waals surface area contributed by atoms with Crippen LogP contribution in [-0.2, 0) is 26.7 Å². The van der Waals surface area contributed by atoms with Crippen molar-refractivity contribution in [1.82, 2.24) is 4.72 Å². The van der Waals surface area contributed by atoms with E-state index in [2.05, 4.69) is 4.72 Å². The zero-order valence-electron chi connectivity index (χ0n) is 13.4. The van der Waals surface area contributed by atoms with Crippen molar-refractivity contribution in [3.05, 3.63) is 35.4 Å². The number of halogens is 3. The molecule has 0 saturated carbocycles. The third kappa shape index (κ3) is 5.62. The lowest BCUT2D eigenvalue weighted by Gasteiger charge is -2.23. The summed E-state index contributed by atoms with van der Waals surface area (Å²) in [6.07, 6.45) is -4.46. The van der Waals surface area contributed by atoms with Crippen molar-refractivity contribution < 1.29 is 26.9 Å². The molecule has 0 spiro atoms. The first-order valence-electron chi connectivity index (χ1n) is 6.98. The number of alkyl halides is 3. The summed E-state index contributed by atoms with van der Waals surface area (Å²) < 4.78 is 56.9. The molecule has 0 saturated heterocycles. The third-order valence-electron chi connectivity index (χ3n) is 2.87. The molecule has 4 nitrogen and oxygen atoms in total. The Morgan fingerprint density at radius 3 is 2.13 bits per heavy atom. The highest BCUT2D eigenvalue weighted by molar-refractivity contribution is 7.84. The van der Waals surface area contributed by atoms with Gasteiger partial charge in [0.05, 0.1) is 27.9 Å². The van der Waals surface area contributed by atoms with E-state index in [9.17, 15) is 22.2 Å². The zero-order valence-corrected chi connectivity index (χ0v) is 14.2. The number of benzene rings is 1. The monoisotopic (exact) mass is 351 g/mol. The van der Waals surface area contributed by atoms with Crippen LogP contribution in [0.25, 0.3) is 0 Å². The molecule has 0 bridgehead atoms. The number of carbonyl (C=O) groups is 1. The molecule has 23 heavy (non-hydrogen) atoms. The molecule has 1 aromatic carbocycles. The maximum Gasteiger partial charge on any atom is 0.416 e. The van der Waals surface area contributed by atoms with Gasteiger partial charge in [0.2, 0.25) is 0 Å². The predicted molar refractivity (Wildman–Crippen MR) is 81.8 cm³/mol. The molecular weight excluding hydrogens is 331 g/mol. The van der Waals surface area contributed by atoms with Crippen molar-refractivity contribution in [2.45, 2.75) is 44.7 Å². The lowest BCUT2D eigenvalue weighted by Crippen LogP contribution is -2.39. The highest BCUT2D eigenvalue weighted by atomic mass is 32.2. The van der Waals surface area contributed by atoms with Gasteiger partial charge in [0.1, 0.15) is 6.04 Å². The second-order valence-corrected chi connectivity index (χ2v) is 7.80. The first kappa shape index (κ1) is 19.6. The maximum absolute atomic E-state index is 12.6. The van der Waals surface area contributed by atoms with Crippen LogP contribution in [0.4, 0.5) is 13.2 Å². The van der Waals surface area contributed by atoms with Gasteiger partial charge in [0.15, 0.2) is 0 Å². The summed E-state index contributed by atoms with van der Waals surface area (Å²) >= 11 is 0. The Labute approximate surface area is 136 Å². The van der Waals surface area contributed by atoms with Gasteiger partial charge in [-0.15, -0.1) is 0 Å². The van der Waals surface area contributed by atoms with E-state index >= 15 is 0 Å². The van der Waals surface area contributed by atoms with Gasteiger partial charge in [-0.2, -0.15) is 13.2 Å². The van der Waals surface area contributed by atoms with Gasteiger partial charge < -0.3 is 4.74 Å². The van der Waals surface area contributed by atoms with Crippen molar-refractivity contribution in [2.24, 2.45) is 0 Å². The van der Waals surface area contributed by atoms with E-state index in [-0.39, 0.29) is 12.2 Å². The number of esters is 1. The van der Waals surface area contributed by atoms with Gasteiger partial charge >= 0.3 is 12.1 Å². The van der Waals surface area contributed by atoms with Crippen LogP contribution in [-0.4, -0.2) is 21.5 Å². The number of ether oxygens (including phenoxy) is 1. The fraction of sp³-hybridized carbons (Fsp3) is 0.533. The molecule has 1 aromatic rings. The van der Waals surface area contributed by atoms with Gasteiger partial charge in [0.25, 0.3) is 0 Å². The number of carbonyl (C=O) groups excluding carboxylic acids is 1. The summed E-state index contributed by atoms with van der Waals surface area (Å²) in [4.78, 5) is 12.0. The molecule has 0 amide bonds. The molecule has 0 aromatic heterocycles. The Morgan fingerprint density at radius 2 is 1.74 bits per heavy atom. The van der Waals surface area contributed by atoms with E-state index in [1.807, 2.05) is 0 Å². The lowest BCUT2D eigenvalue weighted by atomic mass is 10.1. The second-order valence-electron chi connectivity index (χ2n) is 5.80. The van der Waals surface area contributed by atoms with Crippen LogP contribution in [0.5, 0.6) is 0 Å². The topological polar surface area (TPSA) is 55.4 Å². The Morgan fingerprint density at radius 1 is 1.22 bits per heavy atom. The number of hydrogen-bond donors (Lipinski definition) is 1. The van der Waals surface area contributed by atoms with Gasteiger partial charge in [-0.05, 0) is 45.4 Å². The first-order valence-corrected chi connectivity index (χ1v) is 8.13. The molecule has 1 N–H and O–H groups in total. The van der Waals surface area contributed by atoms with Gasteiger partial charge in [-0.3, -0.25) is 0 Å². The van der Waals surface area contributed by atoms with E-state index in [1.165, 1.54) is 12.1 Å². The fourth-order valence-electron chi connectivity index (χ4n) is 1.63. The van der Waals surface area contributed by atoms with E-state index in [4.69, 9.17) is 4.74 Å². The van der Waals surface area contributed by atoms with E-state index in [1.54, 1.807) is 27.7 Å². The SMILES string of the molecule is CCOC(=O)[C@H](NS(=O)C(C)(C)C)c1ccc(C(F)(F)F)cc1. The molecule has 0 aliphatic carbocycles. The van der Waals surface area contributed by atoms with Crippen molar-refractivity contribution in [3.8, 4) is 0 Å². The van der Waals surface area contributed by atoms with Crippen molar-refractivity contribution in [1.29, 1.82) is 0 Å². The Balaban J connectivity index is 3.09. The average molecular weight is 351 g/mol. The summed E-state index contributed by atoms with van der Waals surface area (Å²) in [5, 5.41) is 0. The van der Waals surface area contributed by atoms with Crippen molar-refractivity contribution >= 4 is 17.0 Å². The quantitative estimate of drug-likeness (QED) is 0.828. The van der Waals surface area contributed by atoms with Crippen LogP contribution in [0.2, 0.25) is 0 Å². The lowest BCUT2D eigenvalue weighted by molar-refractivity contribution is -0.145. The zero-order chi connectivity index (χ0) is 17.8. The Kier molecular flexibility index (Phi) is 6.35. The normalized spacial score (nSPS) is 15.1. The number of rotatable bonds is 5. The molecule has 0 radical (unpaired) electrons. The minimum absolute atomic E-state index is 0.111. The number of nitrogens with one attached hydrogen (secondary N) is 1.